The molecule has 0 saturated heterocycles. The number of nitrogens with one attached hydrogen (secondary N) is 1. The number of amides is 1. The van der Waals surface area contributed by atoms with Crippen molar-refractivity contribution in [2.75, 3.05) is 0 Å². The number of hydrogen-bond acceptors (Lipinski definition) is 2. The van der Waals surface area contributed by atoms with E-state index in [0.717, 1.165) is 12.8 Å². The second-order valence-electron chi connectivity index (χ2n) is 3.30. The number of unbranched alkanes of at least 4 members (excludes halogenated alkanes) is 1. The fourth-order valence-electron chi connectivity index (χ4n) is 1.12. The zero-order chi connectivity index (χ0) is 11.7. The molecule has 0 saturated carbocycles. The molecule has 0 fully saturated rings. The van der Waals surface area contributed by atoms with E-state index in [2.05, 4.69) is 11.2 Å². The molecular weight excluding hydrogens is 194 g/mol. The molecule has 0 aliphatic carbocycles. The van der Waals surface area contributed by atoms with Gasteiger partial charge in [-0.1, -0.05) is 19.8 Å². The van der Waals surface area contributed by atoms with E-state index in [1.54, 1.807) is 0 Å². The van der Waals surface area contributed by atoms with Crippen molar-refractivity contribution in [3.05, 3.63) is 0 Å². The minimum absolute atomic E-state index is 0.187. The lowest BCUT2D eigenvalue weighted by atomic mass is 10.1. The molecule has 0 spiro atoms. The first-order valence-corrected chi connectivity index (χ1v) is 5.07. The van der Waals surface area contributed by atoms with Crippen LogP contribution in [0, 0.1) is 12.3 Å². The van der Waals surface area contributed by atoms with Gasteiger partial charge in [0.1, 0.15) is 6.04 Å². The molecule has 0 aromatic rings. The summed E-state index contributed by atoms with van der Waals surface area (Å²) in [5.74, 6) is 1.05. The van der Waals surface area contributed by atoms with Crippen molar-refractivity contribution in [2.45, 2.75) is 45.1 Å². The molecule has 0 rings (SSSR count). The molecule has 0 aliphatic rings. The fourth-order valence-corrected chi connectivity index (χ4v) is 1.12. The third-order valence-electron chi connectivity index (χ3n) is 1.98. The van der Waals surface area contributed by atoms with Crippen LogP contribution < -0.4 is 5.32 Å². The van der Waals surface area contributed by atoms with Crippen molar-refractivity contribution >= 4 is 11.9 Å². The topological polar surface area (TPSA) is 66.4 Å². The lowest BCUT2D eigenvalue weighted by molar-refractivity contribution is -0.142. The third-order valence-corrected chi connectivity index (χ3v) is 1.98. The van der Waals surface area contributed by atoms with Crippen molar-refractivity contribution in [1.29, 1.82) is 0 Å². The molecular formula is C11H17NO3. The summed E-state index contributed by atoms with van der Waals surface area (Å²) in [6, 6.07) is -0.782. The Balaban J connectivity index is 3.99. The molecule has 15 heavy (non-hydrogen) atoms. The Labute approximate surface area is 90.1 Å². The predicted octanol–water partition coefficient (Wildman–Crippen LogP) is 1.16. The number of carbonyl (C=O) groups excluding carboxylic acids is 1. The van der Waals surface area contributed by atoms with E-state index < -0.39 is 12.0 Å². The van der Waals surface area contributed by atoms with Crippen LogP contribution in [0.4, 0.5) is 0 Å². The van der Waals surface area contributed by atoms with E-state index in [0.29, 0.717) is 12.8 Å². The monoisotopic (exact) mass is 211 g/mol. The molecule has 0 aromatic carbocycles. The summed E-state index contributed by atoms with van der Waals surface area (Å²) in [6.07, 6.45) is 7.68. The van der Waals surface area contributed by atoms with Crippen molar-refractivity contribution < 1.29 is 14.7 Å². The number of aliphatic carboxylic acids is 1. The van der Waals surface area contributed by atoms with E-state index in [1.165, 1.54) is 0 Å². The Morgan fingerprint density at radius 2 is 2.20 bits per heavy atom. The van der Waals surface area contributed by atoms with Crippen LogP contribution in [-0.4, -0.2) is 23.0 Å². The summed E-state index contributed by atoms with van der Waals surface area (Å²) in [5.41, 5.74) is 0. The van der Waals surface area contributed by atoms with Crippen molar-refractivity contribution in [1.82, 2.24) is 5.32 Å². The van der Waals surface area contributed by atoms with Gasteiger partial charge in [-0.2, -0.15) is 0 Å². The Hall–Kier alpha value is -1.50. The largest absolute Gasteiger partial charge is 0.480 e. The van der Waals surface area contributed by atoms with Gasteiger partial charge in [-0.3, -0.25) is 4.79 Å². The van der Waals surface area contributed by atoms with E-state index in [1.807, 2.05) is 6.92 Å². The maximum absolute atomic E-state index is 11.2. The van der Waals surface area contributed by atoms with Gasteiger partial charge in [0.25, 0.3) is 0 Å². The van der Waals surface area contributed by atoms with Crippen LogP contribution in [0.3, 0.4) is 0 Å². The summed E-state index contributed by atoms with van der Waals surface area (Å²) in [5, 5.41) is 11.3. The normalized spacial score (nSPS) is 11.5. The molecule has 4 heteroatoms. The van der Waals surface area contributed by atoms with Crippen LogP contribution in [0.5, 0.6) is 0 Å². The van der Waals surface area contributed by atoms with E-state index in [4.69, 9.17) is 11.5 Å². The zero-order valence-electron chi connectivity index (χ0n) is 8.95. The number of carboxylic acid groups (broad SMARTS) is 1. The van der Waals surface area contributed by atoms with Gasteiger partial charge in [0.05, 0.1) is 0 Å². The van der Waals surface area contributed by atoms with Gasteiger partial charge in [0, 0.05) is 12.8 Å². The lowest BCUT2D eigenvalue weighted by Crippen LogP contribution is -2.40. The number of carbonyl (C=O) groups is 2. The molecule has 1 amide bonds. The highest BCUT2D eigenvalue weighted by Gasteiger charge is 2.18. The van der Waals surface area contributed by atoms with Crippen molar-refractivity contribution in [3.8, 4) is 12.3 Å². The molecule has 4 nitrogen and oxygen atoms in total. The molecule has 0 bridgehead atoms. The van der Waals surface area contributed by atoms with Crippen LogP contribution in [0.2, 0.25) is 0 Å². The molecule has 1 atom stereocenters. The zero-order valence-corrected chi connectivity index (χ0v) is 8.95. The van der Waals surface area contributed by atoms with Gasteiger partial charge in [0.2, 0.25) is 5.91 Å². The SMILES string of the molecule is C#CCCC(=O)N[C@@H](CCCC)C(=O)O. The Morgan fingerprint density at radius 1 is 1.53 bits per heavy atom. The second kappa shape index (κ2) is 7.86. The first-order chi connectivity index (χ1) is 7.11. The lowest BCUT2D eigenvalue weighted by Gasteiger charge is -2.13. The standard InChI is InChI=1S/C11H17NO3/c1-3-5-7-9(11(14)15)12-10(13)8-6-4-2/h2,9H,3,5-8H2,1H3,(H,12,13)(H,14,15)/t9-/m0/s1. The number of terminal acetylenes is 1. The van der Waals surface area contributed by atoms with Crippen molar-refractivity contribution in [2.24, 2.45) is 0 Å². The molecule has 0 radical (unpaired) electrons. The second-order valence-corrected chi connectivity index (χ2v) is 3.30. The average Bonchev–Trinajstić information content (AvgIpc) is 2.20. The molecule has 2 N–H and O–H groups in total. The number of rotatable bonds is 7. The van der Waals surface area contributed by atoms with Gasteiger partial charge in [-0.25, -0.2) is 4.79 Å². The van der Waals surface area contributed by atoms with Gasteiger partial charge in [0.15, 0.2) is 0 Å². The quantitative estimate of drug-likeness (QED) is 0.621. The molecule has 0 heterocycles. The Morgan fingerprint density at radius 3 is 2.67 bits per heavy atom. The van der Waals surface area contributed by atoms with E-state index in [-0.39, 0.29) is 12.3 Å². The fraction of sp³-hybridized carbons (Fsp3) is 0.636. The van der Waals surface area contributed by atoms with Gasteiger partial charge in [-0.05, 0) is 6.42 Å². The minimum Gasteiger partial charge on any atom is -0.480 e. The first kappa shape index (κ1) is 13.5. The molecule has 84 valence electrons. The summed E-state index contributed by atoms with van der Waals surface area (Å²) in [6.45, 7) is 1.97. The summed E-state index contributed by atoms with van der Waals surface area (Å²) < 4.78 is 0. The highest BCUT2D eigenvalue weighted by atomic mass is 16.4. The maximum atomic E-state index is 11.2. The summed E-state index contributed by atoms with van der Waals surface area (Å²) >= 11 is 0. The summed E-state index contributed by atoms with van der Waals surface area (Å²) in [7, 11) is 0. The number of carboxylic acids is 1. The van der Waals surface area contributed by atoms with Crippen LogP contribution in [0.25, 0.3) is 0 Å². The smallest absolute Gasteiger partial charge is 0.326 e. The predicted molar refractivity (Wildman–Crippen MR) is 57.2 cm³/mol. The molecule has 0 aliphatic heterocycles. The molecule has 0 unspecified atom stereocenters. The van der Waals surface area contributed by atoms with Crippen LogP contribution in [0.1, 0.15) is 39.0 Å². The van der Waals surface area contributed by atoms with Gasteiger partial charge < -0.3 is 10.4 Å². The third kappa shape index (κ3) is 6.55. The Bertz CT molecular complexity index is 255. The van der Waals surface area contributed by atoms with E-state index in [9.17, 15) is 9.59 Å². The molecule has 0 aromatic heterocycles. The highest BCUT2D eigenvalue weighted by molar-refractivity contribution is 5.83. The van der Waals surface area contributed by atoms with Crippen LogP contribution in [-0.2, 0) is 9.59 Å². The van der Waals surface area contributed by atoms with Crippen LogP contribution in [0.15, 0.2) is 0 Å². The maximum Gasteiger partial charge on any atom is 0.326 e. The van der Waals surface area contributed by atoms with Gasteiger partial charge in [-0.15, -0.1) is 12.3 Å². The highest BCUT2D eigenvalue weighted by Crippen LogP contribution is 2.01. The van der Waals surface area contributed by atoms with Crippen LogP contribution >= 0.6 is 0 Å². The summed E-state index contributed by atoms with van der Waals surface area (Å²) in [4.78, 5) is 22.0. The Kier molecular flexibility index (Phi) is 7.08. The average molecular weight is 211 g/mol. The van der Waals surface area contributed by atoms with Gasteiger partial charge >= 0.3 is 5.97 Å². The van der Waals surface area contributed by atoms with E-state index >= 15 is 0 Å². The van der Waals surface area contributed by atoms with Crippen molar-refractivity contribution in [3.63, 3.8) is 0 Å². The number of hydrogen-bond donors (Lipinski definition) is 2. The minimum atomic E-state index is -0.988. The first-order valence-electron chi connectivity index (χ1n) is 5.07.